The normalized spacial score (nSPS) is 8.91. The first kappa shape index (κ1) is 21.8. The molecule has 0 aliphatic rings. The van der Waals surface area contributed by atoms with Gasteiger partial charge in [0.25, 0.3) is 0 Å². The maximum Gasteiger partial charge on any atom is -0.172 e. The minimum Gasteiger partial charge on any atom is -0.214 e. The Morgan fingerprint density at radius 1 is 0.783 bits per heavy atom. The fraction of sp³-hybridized carbons (Fsp3) is 0.353. The third kappa shape index (κ3) is 8.26. The van der Waals surface area contributed by atoms with Crippen LogP contribution in [0.5, 0.6) is 0 Å². The van der Waals surface area contributed by atoms with Crippen molar-refractivity contribution in [1.29, 1.82) is 0 Å². The van der Waals surface area contributed by atoms with Crippen LogP contribution in [0.3, 0.4) is 0 Å². The van der Waals surface area contributed by atoms with Gasteiger partial charge in [0, 0.05) is 11.4 Å². The SMILES string of the molecule is Cc1n[n-]c(C)c1C.Cc1n[n-]c(C)c1C.[Cl][Ti+3].c1cc[cH-]c1. The third-order valence-corrected chi connectivity index (χ3v) is 3.43. The summed E-state index contributed by atoms with van der Waals surface area (Å²) in [5.74, 6) is 0. The first-order valence-corrected chi connectivity index (χ1v) is 9.30. The van der Waals surface area contributed by atoms with E-state index >= 15 is 0 Å². The third-order valence-electron chi connectivity index (χ3n) is 3.43. The second-order valence-corrected chi connectivity index (χ2v) is 4.95. The van der Waals surface area contributed by atoms with Crippen molar-refractivity contribution in [3.05, 3.63) is 64.2 Å². The molecule has 3 rings (SSSR count). The van der Waals surface area contributed by atoms with E-state index in [-0.39, 0.29) is 0 Å². The van der Waals surface area contributed by atoms with Crippen LogP contribution in [0.4, 0.5) is 0 Å². The fourth-order valence-corrected chi connectivity index (χ4v) is 1.44. The van der Waals surface area contributed by atoms with Crippen LogP contribution in [-0.4, -0.2) is 10.2 Å². The van der Waals surface area contributed by atoms with E-state index in [2.05, 4.69) is 29.7 Å². The molecule has 2 heterocycles. The monoisotopic (exact) mass is 366 g/mol. The predicted octanol–water partition coefficient (Wildman–Crippen LogP) is 4.02. The van der Waals surface area contributed by atoms with Gasteiger partial charge in [0.1, 0.15) is 0 Å². The van der Waals surface area contributed by atoms with E-state index in [9.17, 15) is 0 Å². The van der Waals surface area contributed by atoms with Gasteiger partial charge in [-0.1, -0.05) is 13.8 Å². The summed E-state index contributed by atoms with van der Waals surface area (Å²) in [4.78, 5) is 0. The summed E-state index contributed by atoms with van der Waals surface area (Å²) in [5.41, 5.74) is 6.60. The summed E-state index contributed by atoms with van der Waals surface area (Å²) in [7, 11) is 4.64. The Labute approximate surface area is 154 Å². The second kappa shape index (κ2) is 12.2. The van der Waals surface area contributed by atoms with E-state index in [1.165, 1.54) is 30.5 Å². The van der Waals surface area contributed by atoms with Gasteiger partial charge < -0.3 is 20.4 Å². The summed E-state index contributed by atoms with van der Waals surface area (Å²) < 4.78 is 0. The molecule has 0 saturated heterocycles. The minimum atomic E-state index is 1.04. The predicted molar refractivity (Wildman–Crippen MR) is 91.4 cm³/mol. The zero-order valence-electron chi connectivity index (χ0n) is 14.6. The average Bonchev–Trinajstić information content (AvgIpc) is 3.30. The van der Waals surface area contributed by atoms with Crippen molar-refractivity contribution < 1.29 is 19.4 Å². The maximum atomic E-state index is 4.64. The standard InChI is InChI=1S/2C6H9N2.C5H5.ClH.Ti/c2*1-4-5(2)7-8-6(4)3;1-2-4-5-3-1;;/h2*1-3H3;1-5H;1H;/q3*-1;;+4/p-1. The van der Waals surface area contributed by atoms with Crippen molar-refractivity contribution >= 4 is 9.30 Å². The topological polar surface area (TPSA) is 54.0 Å². The summed E-state index contributed by atoms with van der Waals surface area (Å²) >= 11 is 1.47. The number of aryl methyl sites for hydroxylation is 4. The van der Waals surface area contributed by atoms with Crippen LogP contribution in [0.1, 0.15) is 33.9 Å². The van der Waals surface area contributed by atoms with Crippen molar-refractivity contribution in [3.63, 3.8) is 0 Å². The van der Waals surface area contributed by atoms with Gasteiger partial charge in [0.15, 0.2) is 0 Å². The van der Waals surface area contributed by atoms with Crippen molar-refractivity contribution in [2.75, 3.05) is 0 Å². The Kier molecular flexibility index (Phi) is 11.6. The van der Waals surface area contributed by atoms with E-state index < -0.39 is 0 Å². The van der Waals surface area contributed by atoms with Crippen LogP contribution in [0, 0.1) is 41.5 Å². The van der Waals surface area contributed by atoms with Crippen molar-refractivity contribution in [2.24, 2.45) is 0 Å². The molecular formula is C17H23ClN4Ti. The quantitative estimate of drug-likeness (QED) is 0.445. The van der Waals surface area contributed by atoms with Gasteiger partial charge in [-0.05, 0) is 38.8 Å². The number of hydrogen-bond donors (Lipinski definition) is 0. The molecule has 0 radical (unpaired) electrons. The van der Waals surface area contributed by atoms with E-state index in [0.29, 0.717) is 0 Å². The second-order valence-electron chi connectivity index (χ2n) is 4.95. The zero-order valence-corrected chi connectivity index (χ0v) is 16.9. The molecule has 0 atom stereocenters. The first-order chi connectivity index (χ1) is 10.9. The van der Waals surface area contributed by atoms with E-state index in [0.717, 1.165) is 22.8 Å². The molecule has 2 aromatic heterocycles. The van der Waals surface area contributed by atoms with Gasteiger partial charge >= 0.3 is 28.7 Å². The molecule has 23 heavy (non-hydrogen) atoms. The average molecular weight is 367 g/mol. The van der Waals surface area contributed by atoms with Gasteiger partial charge in [-0.2, -0.15) is 18.2 Å². The van der Waals surface area contributed by atoms with Gasteiger partial charge in [-0.3, -0.25) is 0 Å². The number of halogens is 1. The molecule has 0 saturated carbocycles. The largest absolute Gasteiger partial charge is 0.214 e. The van der Waals surface area contributed by atoms with Crippen LogP contribution >= 0.6 is 9.30 Å². The number of rotatable bonds is 0. The van der Waals surface area contributed by atoms with E-state index in [1.807, 2.05) is 71.9 Å². The van der Waals surface area contributed by atoms with Gasteiger partial charge in [0.2, 0.25) is 0 Å². The molecule has 122 valence electrons. The molecular weight excluding hydrogens is 344 g/mol. The van der Waals surface area contributed by atoms with Crippen molar-refractivity contribution in [1.82, 2.24) is 20.4 Å². The smallest absolute Gasteiger partial charge is 0.172 e. The molecule has 0 aliphatic heterocycles. The van der Waals surface area contributed by atoms with Crippen LogP contribution in [0.2, 0.25) is 0 Å². The molecule has 0 bridgehead atoms. The minimum absolute atomic E-state index is 1.04. The number of aromatic nitrogens is 4. The molecule has 0 fully saturated rings. The Bertz CT molecular complexity index is 541. The summed E-state index contributed by atoms with van der Waals surface area (Å²) in [5, 5.41) is 15.5. The van der Waals surface area contributed by atoms with Crippen LogP contribution < -0.4 is 10.2 Å². The number of hydrogen-bond acceptors (Lipinski definition) is 2. The van der Waals surface area contributed by atoms with Crippen molar-refractivity contribution in [2.45, 2.75) is 41.5 Å². The summed E-state index contributed by atoms with van der Waals surface area (Å²) in [6, 6.07) is 10.0. The molecule has 0 unspecified atom stereocenters. The Morgan fingerprint density at radius 3 is 1.22 bits per heavy atom. The molecule has 0 amide bonds. The van der Waals surface area contributed by atoms with Gasteiger partial charge in [-0.25, -0.2) is 12.1 Å². The Balaban J connectivity index is 0.000000306. The zero-order chi connectivity index (χ0) is 17.8. The molecule has 6 heteroatoms. The van der Waals surface area contributed by atoms with Crippen LogP contribution in [0.25, 0.3) is 0 Å². The van der Waals surface area contributed by atoms with Crippen LogP contribution in [-0.2, 0) is 19.4 Å². The van der Waals surface area contributed by atoms with Crippen molar-refractivity contribution in [3.8, 4) is 0 Å². The Morgan fingerprint density at radius 2 is 1.13 bits per heavy atom. The molecule has 0 spiro atoms. The fourth-order valence-electron chi connectivity index (χ4n) is 1.44. The van der Waals surface area contributed by atoms with E-state index in [1.54, 1.807) is 0 Å². The van der Waals surface area contributed by atoms with Crippen LogP contribution in [0.15, 0.2) is 30.3 Å². The molecule has 4 nitrogen and oxygen atoms in total. The summed E-state index contributed by atoms with van der Waals surface area (Å²) in [6.07, 6.45) is 0. The van der Waals surface area contributed by atoms with Gasteiger partial charge in [-0.15, -0.1) is 11.4 Å². The molecule has 3 aromatic rings. The first-order valence-electron chi connectivity index (χ1n) is 7.15. The Hall–Kier alpha value is -1.23. The van der Waals surface area contributed by atoms with E-state index in [4.69, 9.17) is 0 Å². The molecule has 0 N–H and O–H groups in total. The number of nitrogens with zero attached hydrogens (tertiary/aromatic N) is 4. The summed E-state index contributed by atoms with van der Waals surface area (Å²) in [6.45, 7) is 11.9. The maximum absolute atomic E-state index is 4.64. The van der Waals surface area contributed by atoms with Gasteiger partial charge in [0.05, 0.1) is 0 Å². The molecule has 1 aromatic carbocycles. The molecule has 0 aliphatic carbocycles.